The molecule has 0 saturated carbocycles. The second kappa shape index (κ2) is 4.91. The molecule has 0 bridgehead atoms. The second-order valence-corrected chi connectivity index (χ2v) is 5.54. The van der Waals surface area contributed by atoms with Crippen molar-refractivity contribution in [2.45, 2.75) is 26.2 Å². The molecule has 2 aromatic rings. The molecule has 0 aliphatic rings. The monoisotopic (exact) mass is 299 g/mol. The van der Waals surface area contributed by atoms with Crippen molar-refractivity contribution in [3.05, 3.63) is 40.9 Å². The number of aromatic carboxylic acids is 1. The lowest BCUT2D eigenvalue weighted by molar-refractivity contribution is 0.0692. The van der Waals surface area contributed by atoms with Gasteiger partial charge in [0.2, 0.25) is 0 Å². The summed E-state index contributed by atoms with van der Waals surface area (Å²) in [6.45, 7) is 5.06. The summed E-state index contributed by atoms with van der Waals surface area (Å²) >= 11 is 0. The topological polar surface area (TPSA) is 63.3 Å². The first-order chi connectivity index (χ1) is 9.62. The van der Waals surface area contributed by atoms with Gasteiger partial charge in [0.25, 0.3) is 0 Å². The van der Waals surface area contributed by atoms with Crippen LogP contribution in [0.2, 0.25) is 0 Å². The van der Waals surface area contributed by atoms with Gasteiger partial charge in [-0.05, 0) is 6.07 Å². The Balaban J connectivity index is 2.74. The van der Waals surface area contributed by atoms with Crippen molar-refractivity contribution < 1.29 is 27.6 Å². The minimum Gasteiger partial charge on any atom is -0.477 e. The van der Waals surface area contributed by atoms with Crippen molar-refractivity contribution >= 4 is 5.97 Å². The van der Waals surface area contributed by atoms with Gasteiger partial charge < -0.3 is 9.63 Å². The van der Waals surface area contributed by atoms with Crippen molar-refractivity contribution in [1.29, 1.82) is 0 Å². The first-order valence-corrected chi connectivity index (χ1v) is 6.01. The highest BCUT2D eigenvalue weighted by molar-refractivity contribution is 5.96. The van der Waals surface area contributed by atoms with E-state index in [-0.39, 0.29) is 17.0 Å². The van der Waals surface area contributed by atoms with E-state index in [1.54, 1.807) is 20.8 Å². The molecule has 1 aromatic carbocycles. The Morgan fingerprint density at radius 3 is 2.24 bits per heavy atom. The van der Waals surface area contributed by atoms with Gasteiger partial charge in [-0.15, -0.1) is 0 Å². The molecule has 0 aliphatic heterocycles. The highest BCUT2D eigenvalue weighted by Crippen LogP contribution is 2.34. The van der Waals surface area contributed by atoms with Crippen LogP contribution in [0.4, 0.5) is 13.2 Å². The number of carboxylic acids is 1. The fourth-order valence-electron chi connectivity index (χ4n) is 1.89. The summed E-state index contributed by atoms with van der Waals surface area (Å²) in [6.07, 6.45) is 0. The maximum Gasteiger partial charge on any atom is 0.341 e. The number of rotatable bonds is 2. The van der Waals surface area contributed by atoms with Gasteiger partial charge in [-0.2, -0.15) is 0 Å². The molecule has 4 nitrogen and oxygen atoms in total. The van der Waals surface area contributed by atoms with Gasteiger partial charge in [-0.25, -0.2) is 18.0 Å². The number of hydrogen-bond acceptors (Lipinski definition) is 3. The lowest BCUT2D eigenvalue weighted by Gasteiger charge is -2.14. The smallest absolute Gasteiger partial charge is 0.341 e. The molecule has 0 amide bonds. The van der Waals surface area contributed by atoms with Crippen molar-refractivity contribution in [3.8, 4) is 11.3 Å². The summed E-state index contributed by atoms with van der Waals surface area (Å²) in [6, 6.07) is 0.892. The number of hydrogen-bond donors (Lipinski definition) is 1. The Hall–Kier alpha value is -2.31. The van der Waals surface area contributed by atoms with Gasteiger partial charge in [0.15, 0.2) is 17.4 Å². The predicted octanol–water partition coefficient (Wildman–Crippen LogP) is 3.75. The minimum atomic E-state index is -1.39. The molecule has 0 atom stereocenters. The van der Waals surface area contributed by atoms with E-state index in [0.29, 0.717) is 12.1 Å². The van der Waals surface area contributed by atoms with Gasteiger partial charge in [-0.3, -0.25) is 0 Å². The van der Waals surface area contributed by atoms with E-state index in [4.69, 9.17) is 4.52 Å². The molecule has 0 spiro atoms. The third kappa shape index (κ3) is 2.63. The van der Waals surface area contributed by atoms with Crippen molar-refractivity contribution in [2.24, 2.45) is 0 Å². The molecule has 0 aliphatic carbocycles. The van der Waals surface area contributed by atoms with E-state index >= 15 is 0 Å². The number of aromatic nitrogens is 1. The van der Waals surface area contributed by atoms with Crippen LogP contribution in [0.25, 0.3) is 11.3 Å². The summed E-state index contributed by atoms with van der Waals surface area (Å²) in [4.78, 5) is 11.4. The number of nitrogens with zero attached hydrogens (tertiary/aromatic N) is 1. The van der Waals surface area contributed by atoms with Gasteiger partial charge in [0.1, 0.15) is 17.1 Å². The normalized spacial score (nSPS) is 11.7. The molecule has 7 heteroatoms. The molecule has 0 saturated heterocycles. The van der Waals surface area contributed by atoms with Crippen LogP contribution in [0.15, 0.2) is 16.7 Å². The molecule has 1 aromatic heterocycles. The van der Waals surface area contributed by atoms with E-state index < -0.39 is 34.4 Å². The molecule has 21 heavy (non-hydrogen) atoms. The highest BCUT2D eigenvalue weighted by Gasteiger charge is 2.32. The molecule has 1 heterocycles. The lowest BCUT2D eigenvalue weighted by Crippen LogP contribution is -2.15. The van der Waals surface area contributed by atoms with E-state index in [0.717, 1.165) is 0 Å². The molecule has 0 unspecified atom stereocenters. The quantitative estimate of drug-likeness (QED) is 0.858. The summed E-state index contributed by atoms with van der Waals surface area (Å²) in [7, 11) is 0. The molecule has 2 rings (SSSR count). The van der Waals surface area contributed by atoms with Gasteiger partial charge in [-0.1, -0.05) is 25.9 Å². The molecule has 112 valence electrons. The van der Waals surface area contributed by atoms with E-state index in [2.05, 4.69) is 5.16 Å². The first-order valence-electron chi connectivity index (χ1n) is 6.01. The van der Waals surface area contributed by atoms with E-state index in [1.807, 2.05) is 0 Å². The maximum absolute atomic E-state index is 13.8. The Labute approximate surface area is 118 Å². The van der Waals surface area contributed by atoms with Crippen LogP contribution in [0.3, 0.4) is 0 Å². The fourth-order valence-corrected chi connectivity index (χ4v) is 1.89. The Morgan fingerprint density at radius 1 is 1.14 bits per heavy atom. The second-order valence-electron chi connectivity index (χ2n) is 5.54. The van der Waals surface area contributed by atoms with Gasteiger partial charge >= 0.3 is 5.97 Å². The Kier molecular flexibility index (Phi) is 3.52. The number of halogens is 3. The van der Waals surface area contributed by atoms with Crippen LogP contribution in [-0.2, 0) is 5.41 Å². The van der Waals surface area contributed by atoms with Crippen LogP contribution in [0.1, 0.15) is 36.9 Å². The number of benzene rings is 1. The number of carbonyl (C=O) groups is 1. The largest absolute Gasteiger partial charge is 0.477 e. The molecule has 1 N–H and O–H groups in total. The first kappa shape index (κ1) is 15.1. The van der Waals surface area contributed by atoms with Crippen molar-refractivity contribution in [1.82, 2.24) is 5.16 Å². The van der Waals surface area contributed by atoms with E-state index in [9.17, 15) is 23.1 Å². The summed E-state index contributed by atoms with van der Waals surface area (Å²) in [5.41, 5.74) is -1.91. The highest BCUT2D eigenvalue weighted by atomic mass is 19.2. The Morgan fingerprint density at radius 2 is 1.71 bits per heavy atom. The van der Waals surface area contributed by atoms with Gasteiger partial charge in [0, 0.05) is 17.0 Å². The standard InChI is InChI=1S/C14H12F3NO3/c1-14(2,3)12-10(13(19)20)11(18-21-12)6-4-8(16)9(17)5-7(6)15/h4-5H,1-3H3,(H,19,20). The van der Waals surface area contributed by atoms with Crippen LogP contribution >= 0.6 is 0 Å². The van der Waals surface area contributed by atoms with Crippen molar-refractivity contribution in [3.63, 3.8) is 0 Å². The zero-order valence-electron chi connectivity index (χ0n) is 11.5. The average molecular weight is 299 g/mol. The lowest BCUT2D eigenvalue weighted by atomic mass is 9.89. The van der Waals surface area contributed by atoms with Crippen molar-refractivity contribution in [2.75, 3.05) is 0 Å². The Bertz CT molecular complexity index is 717. The summed E-state index contributed by atoms with van der Waals surface area (Å²) < 4.78 is 45.0. The third-order valence-corrected chi connectivity index (χ3v) is 2.85. The van der Waals surface area contributed by atoms with Crippen LogP contribution in [-0.4, -0.2) is 16.2 Å². The zero-order valence-corrected chi connectivity index (χ0v) is 11.5. The zero-order chi connectivity index (χ0) is 15.9. The fraction of sp³-hybridized carbons (Fsp3) is 0.286. The SMILES string of the molecule is CC(C)(C)c1onc(-c2cc(F)c(F)cc2F)c1C(=O)O. The number of carboxylic acid groups (broad SMARTS) is 1. The third-order valence-electron chi connectivity index (χ3n) is 2.85. The molecule has 0 fully saturated rings. The van der Waals surface area contributed by atoms with Crippen LogP contribution < -0.4 is 0 Å². The van der Waals surface area contributed by atoms with Crippen LogP contribution in [0.5, 0.6) is 0 Å². The minimum absolute atomic E-state index is 0.0223. The van der Waals surface area contributed by atoms with E-state index in [1.165, 1.54) is 0 Å². The average Bonchev–Trinajstić information content (AvgIpc) is 2.78. The maximum atomic E-state index is 13.8. The van der Waals surface area contributed by atoms with Crippen LogP contribution in [0, 0.1) is 17.5 Å². The summed E-state index contributed by atoms with van der Waals surface area (Å²) in [5.74, 6) is -5.16. The molecule has 0 radical (unpaired) electrons. The predicted molar refractivity (Wildman–Crippen MR) is 67.5 cm³/mol. The van der Waals surface area contributed by atoms with Gasteiger partial charge in [0.05, 0.1) is 0 Å². The molecular formula is C14H12F3NO3. The summed E-state index contributed by atoms with van der Waals surface area (Å²) in [5, 5.41) is 12.8. The molecular weight excluding hydrogens is 287 g/mol.